The van der Waals surface area contributed by atoms with Gasteiger partial charge >= 0.3 is 6.09 Å². The summed E-state index contributed by atoms with van der Waals surface area (Å²) >= 11 is 0. The standard InChI is InChI=1S/C16H31N5O2.HI/c1-3-21-9-5-6-13(21)10-18-15(17)19-11-14(12-7-8-12)20-16(22)23-4-2;/h12-14H,3-11H2,1-2H3,(H,20,22)(H3,17,18,19);1H. The number of guanidine groups is 1. The number of aliphatic imine (C=N–C) groups is 1. The fraction of sp³-hybridized carbons (Fsp3) is 0.875. The molecule has 4 N–H and O–H groups in total. The summed E-state index contributed by atoms with van der Waals surface area (Å²) in [6, 6.07) is 0.568. The predicted octanol–water partition coefficient (Wildman–Crippen LogP) is 1.52. The van der Waals surface area contributed by atoms with E-state index in [9.17, 15) is 4.79 Å². The highest BCUT2D eigenvalue weighted by Gasteiger charge is 2.32. The molecule has 1 heterocycles. The Balaban J connectivity index is 0.00000288. The van der Waals surface area contributed by atoms with Gasteiger partial charge in [-0.05, 0) is 51.6 Å². The number of carbonyl (C=O) groups excluding carboxylic acids is 1. The van der Waals surface area contributed by atoms with Crippen molar-refractivity contribution in [3.8, 4) is 0 Å². The van der Waals surface area contributed by atoms with E-state index in [-0.39, 0.29) is 36.1 Å². The van der Waals surface area contributed by atoms with E-state index in [0.717, 1.165) is 25.9 Å². The summed E-state index contributed by atoms with van der Waals surface area (Å²) < 4.78 is 4.95. The van der Waals surface area contributed by atoms with Crippen LogP contribution in [0.15, 0.2) is 4.99 Å². The molecular formula is C16H32IN5O2. The molecule has 1 saturated heterocycles. The van der Waals surface area contributed by atoms with Crippen LogP contribution in [0.1, 0.15) is 39.5 Å². The molecule has 0 radical (unpaired) electrons. The molecule has 2 unspecified atom stereocenters. The largest absolute Gasteiger partial charge is 0.450 e. The SMILES string of the molecule is CCOC(=O)NC(CN=C(N)NCC1CCCN1CC)C1CC1.I. The molecule has 0 aromatic carbocycles. The van der Waals surface area contributed by atoms with Crippen LogP contribution < -0.4 is 16.4 Å². The highest BCUT2D eigenvalue weighted by atomic mass is 127. The topological polar surface area (TPSA) is 92.0 Å². The zero-order valence-electron chi connectivity index (χ0n) is 14.8. The maximum absolute atomic E-state index is 11.6. The Morgan fingerprint density at radius 1 is 1.38 bits per heavy atom. The van der Waals surface area contributed by atoms with Gasteiger partial charge in [0.15, 0.2) is 5.96 Å². The van der Waals surface area contributed by atoms with Crippen LogP contribution in [0.5, 0.6) is 0 Å². The van der Waals surface area contributed by atoms with Crippen LogP contribution in [-0.2, 0) is 4.74 Å². The Morgan fingerprint density at radius 3 is 2.75 bits per heavy atom. The molecule has 0 spiro atoms. The molecule has 1 aliphatic heterocycles. The van der Waals surface area contributed by atoms with E-state index in [2.05, 4.69) is 27.4 Å². The van der Waals surface area contributed by atoms with E-state index in [0.29, 0.717) is 31.1 Å². The molecule has 2 fully saturated rings. The predicted molar refractivity (Wildman–Crippen MR) is 107 cm³/mol. The number of amides is 1. The highest BCUT2D eigenvalue weighted by Crippen LogP contribution is 2.32. The molecule has 2 aliphatic rings. The van der Waals surface area contributed by atoms with Gasteiger partial charge in [-0.25, -0.2) is 4.79 Å². The molecule has 24 heavy (non-hydrogen) atoms. The fourth-order valence-corrected chi connectivity index (χ4v) is 3.15. The Hall–Kier alpha value is -0.770. The normalized spacial score (nSPS) is 22.6. The molecule has 0 aromatic heterocycles. The molecule has 2 rings (SSSR count). The Morgan fingerprint density at radius 2 is 2.12 bits per heavy atom. The van der Waals surface area contributed by atoms with Crippen molar-refractivity contribution in [3.05, 3.63) is 0 Å². The van der Waals surface area contributed by atoms with Gasteiger partial charge in [0.2, 0.25) is 0 Å². The molecule has 7 nitrogen and oxygen atoms in total. The molecule has 1 saturated carbocycles. The molecule has 0 bridgehead atoms. The van der Waals surface area contributed by atoms with Crippen molar-refractivity contribution in [2.45, 2.75) is 51.6 Å². The number of nitrogens with one attached hydrogen (secondary N) is 2. The van der Waals surface area contributed by atoms with Crippen LogP contribution in [0.4, 0.5) is 4.79 Å². The van der Waals surface area contributed by atoms with Crippen LogP contribution in [-0.4, -0.2) is 61.8 Å². The van der Waals surface area contributed by atoms with Gasteiger partial charge in [-0.3, -0.25) is 9.89 Å². The van der Waals surface area contributed by atoms with Gasteiger partial charge in [-0.15, -0.1) is 24.0 Å². The van der Waals surface area contributed by atoms with Crippen molar-refractivity contribution in [1.82, 2.24) is 15.5 Å². The van der Waals surface area contributed by atoms with Crippen molar-refractivity contribution in [1.29, 1.82) is 0 Å². The first-order chi connectivity index (χ1) is 11.1. The van der Waals surface area contributed by atoms with Gasteiger partial charge in [0, 0.05) is 12.6 Å². The van der Waals surface area contributed by atoms with E-state index in [1.54, 1.807) is 6.92 Å². The quantitative estimate of drug-likeness (QED) is 0.295. The first-order valence-electron chi connectivity index (χ1n) is 8.85. The van der Waals surface area contributed by atoms with E-state index in [1.165, 1.54) is 19.4 Å². The first kappa shape index (κ1) is 21.3. The summed E-state index contributed by atoms with van der Waals surface area (Å²) in [5.74, 6) is 0.964. The number of likely N-dealkylation sites (tertiary alicyclic amines) is 1. The van der Waals surface area contributed by atoms with E-state index < -0.39 is 0 Å². The minimum atomic E-state index is -0.365. The fourth-order valence-electron chi connectivity index (χ4n) is 3.15. The summed E-state index contributed by atoms with van der Waals surface area (Å²) in [5, 5.41) is 6.11. The van der Waals surface area contributed by atoms with Gasteiger partial charge in [0.1, 0.15) is 0 Å². The molecule has 0 aromatic rings. The Labute approximate surface area is 162 Å². The van der Waals surface area contributed by atoms with Gasteiger partial charge in [0.05, 0.1) is 19.2 Å². The molecule has 1 amide bonds. The summed E-state index contributed by atoms with van der Waals surface area (Å²) in [4.78, 5) is 18.4. The molecule has 2 atom stereocenters. The van der Waals surface area contributed by atoms with Crippen LogP contribution in [0.2, 0.25) is 0 Å². The van der Waals surface area contributed by atoms with Crippen LogP contribution >= 0.6 is 24.0 Å². The van der Waals surface area contributed by atoms with Crippen molar-refractivity contribution in [2.24, 2.45) is 16.6 Å². The summed E-state index contributed by atoms with van der Waals surface area (Å²) in [6.45, 7) is 7.97. The number of rotatable bonds is 8. The van der Waals surface area contributed by atoms with Crippen molar-refractivity contribution >= 4 is 36.0 Å². The third-order valence-electron chi connectivity index (χ3n) is 4.65. The van der Waals surface area contributed by atoms with Crippen molar-refractivity contribution < 1.29 is 9.53 Å². The average molecular weight is 453 g/mol. The number of ether oxygens (including phenoxy) is 1. The molecule has 8 heteroatoms. The van der Waals surface area contributed by atoms with Gasteiger partial charge < -0.3 is 21.1 Å². The number of hydrogen-bond donors (Lipinski definition) is 3. The Bertz CT molecular complexity index is 417. The van der Waals surface area contributed by atoms with Crippen molar-refractivity contribution in [2.75, 3.05) is 32.8 Å². The summed E-state index contributed by atoms with van der Waals surface area (Å²) in [5.41, 5.74) is 5.97. The van der Waals surface area contributed by atoms with Crippen LogP contribution in [0.25, 0.3) is 0 Å². The van der Waals surface area contributed by atoms with Crippen molar-refractivity contribution in [3.63, 3.8) is 0 Å². The summed E-state index contributed by atoms with van der Waals surface area (Å²) in [7, 11) is 0. The molecule has 140 valence electrons. The zero-order chi connectivity index (χ0) is 16.7. The maximum Gasteiger partial charge on any atom is 0.407 e. The number of halogens is 1. The lowest BCUT2D eigenvalue weighted by Crippen LogP contribution is -2.44. The minimum absolute atomic E-state index is 0. The average Bonchev–Trinajstić information content (AvgIpc) is 3.28. The number of nitrogens with two attached hydrogens (primary N) is 1. The smallest absolute Gasteiger partial charge is 0.407 e. The van der Waals surface area contributed by atoms with Gasteiger partial charge in [-0.2, -0.15) is 0 Å². The van der Waals surface area contributed by atoms with Crippen LogP contribution in [0.3, 0.4) is 0 Å². The van der Waals surface area contributed by atoms with E-state index >= 15 is 0 Å². The van der Waals surface area contributed by atoms with Crippen LogP contribution in [0, 0.1) is 5.92 Å². The lowest BCUT2D eigenvalue weighted by Gasteiger charge is -2.23. The third-order valence-corrected chi connectivity index (χ3v) is 4.65. The monoisotopic (exact) mass is 453 g/mol. The number of likely N-dealkylation sites (N-methyl/N-ethyl adjacent to an activating group) is 1. The minimum Gasteiger partial charge on any atom is -0.450 e. The third kappa shape index (κ3) is 7.00. The second-order valence-corrected chi connectivity index (χ2v) is 6.34. The highest BCUT2D eigenvalue weighted by molar-refractivity contribution is 14.0. The van der Waals surface area contributed by atoms with Gasteiger partial charge in [-0.1, -0.05) is 6.92 Å². The number of hydrogen-bond acceptors (Lipinski definition) is 4. The first-order valence-corrected chi connectivity index (χ1v) is 8.85. The second-order valence-electron chi connectivity index (χ2n) is 6.34. The summed E-state index contributed by atoms with van der Waals surface area (Å²) in [6.07, 6.45) is 4.37. The number of nitrogens with zero attached hydrogens (tertiary/aromatic N) is 2. The van der Waals surface area contributed by atoms with Gasteiger partial charge in [0.25, 0.3) is 0 Å². The number of carbonyl (C=O) groups is 1. The molecular weight excluding hydrogens is 421 g/mol. The lowest BCUT2D eigenvalue weighted by molar-refractivity contribution is 0.147. The number of alkyl carbamates (subject to hydrolysis) is 1. The van der Waals surface area contributed by atoms with E-state index in [1.807, 2.05) is 0 Å². The molecule has 1 aliphatic carbocycles. The second kappa shape index (κ2) is 11.0. The Kier molecular flexibility index (Phi) is 9.72. The van der Waals surface area contributed by atoms with E-state index in [4.69, 9.17) is 10.5 Å². The zero-order valence-corrected chi connectivity index (χ0v) is 17.1. The lowest BCUT2D eigenvalue weighted by atomic mass is 10.2. The maximum atomic E-state index is 11.6.